The number of oxime groups is 4. The quantitative estimate of drug-likeness (QED) is 0.258. The zero-order valence-electron chi connectivity index (χ0n) is 7.41. The fourth-order valence-electron chi connectivity index (χ4n) is 0.165. The van der Waals surface area contributed by atoms with Gasteiger partial charge >= 0.3 is 0 Å². The van der Waals surface area contributed by atoms with Crippen molar-refractivity contribution in [3.8, 4) is 0 Å². The molecule has 4 N–H and O–H groups in total. The van der Waals surface area contributed by atoms with Crippen molar-refractivity contribution in [3.05, 3.63) is 0 Å². The molecule has 0 atom stereocenters. The van der Waals surface area contributed by atoms with Gasteiger partial charge in [-0.3, -0.25) is 0 Å². The van der Waals surface area contributed by atoms with E-state index in [1.807, 2.05) is 0 Å². The number of hydrogen-bond donors (Lipinski definition) is 4. The van der Waals surface area contributed by atoms with Gasteiger partial charge in [0, 0.05) is 21.1 Å². The van der Waals surface area contributed by atoms with Gasteiger partial charge in [-0.25, -0.2) is 0 Å². The summed E-state index contributed by atoms with van der Waals surface area (Å²) < 4.78 is 0. The third kappa shape index (κ3) is 12.0. The number of rotatable bonds is 2. The predicted molar refractivity (Wildman–Crippen MR) is 60.3 cm³/mol. The molecule has 0 saturated heterocycles. The summed E-state index contributed by atoms with van der Waals surface area (Å²) in [7, 11) is 0. The fraction of sp³-hybridized carbons (Fsp3) is 0. The van der Waals surface area contributed by atoms with Crippen LogP contribution in [-0.2, 0) is 21.1 Å². The van der Waals surface area contributed by atoms with Gasteiger partial charge in [-0.1, -0.05) is 67.0 Å². The first-order valence-electron chi connectivity index (χ1n) is 2.95. The summed E-state index contributed by atoms with van der Waals surface area (Å²) in [6.45, 7) is 0. The van der Waals surface area contributed by atoms with Crippen LogP contribution in [0.25, 0.3) is 0 Å². The molecule has 13 heteroatoms. The van der Waals surface area contributed by atoms with E-state index < -0.39 is 20.7 Å². The van der Waals surface area contributed by atoms with E-state index in [1.54, 1.807) is 0 Å². The summed E-state index contributed by atoms with van der Waals surface area (Å²) >= 11 is 20.0. The van der Waals surface area contributed by atoms with Crippen molar-refractivity contribution in [1.29, 1.82) is 0 Å². The van der Waals surface area contributed by atoms with E-state index in [0.717, 1.165) is 0 Å². The summed E-state index contributed by atoms with van der Waals surface area (Å²) in [5.74, 6) is 0. The molecular formula is C4H4Cl4N4O4Pt. The normalized spacial score (nSPS) is 13.4. The molecule has 0 aliphatic heterocycles. The van der Waals surface area contributed by atoms with Crippen LogP contribution in [0, 0.1) is 0 Å². The van der Waals surface area contributed by atoms with E-state index in [4.69, 9.17) is 67.2 Å². The van der Waals surface area contributed by atoms with Crippen molar-refractivity contribution in [2.45, 2.75) is 0 Å². The summed E-state index contributed by atoms with van der Waals surface area (Å²) in [6.07, 6.45) is 0. The van der Waals surface area contributed by atoms with Gasteiger partial charge in [-0.15, -0.1) is 0 Å². The monoisotopic (exact) mass is 507 g/mol. The zero-order chi connectivity index (χ0) is 13.1. The van der Waals surface area contributed by atoms with Gasteiger partial charge < -0.3 is 20.8 Å². The molecule has 0 amide bonds. The zero-order valence-corrected chi connectivity index (χ0v) is 12.7. The average molecular weight is 509 g/mol. The molecule has 0 spiro atoms. The van der Waals surface area contributed by atoms with Crippen LogP contribution < -0.4 is 0 Å². The molecule has 0 radical (unpaired) electrons. The van der Waals surface area contributed by atoms with E-state index in [9.17, 15) is 0 Å². The molecule has 0 saturated carbocycles. The summed E-state index contributed by atoms with van der Waals surface area (Å²) in [5.41, 5.74) is 0. The Bertz CT molecular complexity index is 269. The first kappa shape index (κ1) is 22.0. The topological polar surface area (TPSA) is 130 Å². The third-order valence-corrected chi connectivity index (χ3v) is 1.90. The molecule has 0 rings (SSSR count). The third-order valence-electron chi connectivity index (χ3n) is 0.692. The first-order valence-corrected chi connectivity index (χ1v) is 4.46. The van der Waals surface area contributed by atoms with Gasteiger partial charge in [-0.2, -0.15) is 0 Å². The van der Waals surface area contributed by atoms with Crippen molar-refractivity contribution in [2.24, 2.45) is 20.6 Å². The molecule has 0 heterocycles. The van der Waals surface area contributed by atoms with Crippen LogP contribution in [-0.4, -0.2) is 41.5 Å². The SMILES string of the molecule is ON=C(Cl)C(Cl)=NO.ON=C(Cl)C(Cl)=NO.[Pt]. The molecule has 0 aliphatic rings. The second-order valence-electron chi connectivity index (χ2n) is 1.56. The van der Waals surface area contributed by atoms with Gasteiger partial charge in [0.2, 0.25) is 20.7 Å². The second kappa shape index (κ2) is 13.8. The fourth-order valence-corrected chi connectivity index (χ4v) is 0.316. The molecule has 0 aromatic heterocycles. The van der Waals surface area contributed by atoms with Crippen molar-refractivity contribution < 1.29 is 41.9 Å². The molecule has 0 aromatic carbocycles. The molecule has 8 nitrogen and oxygen atoms in total. The van der Waals surface area contributed by atoms with Crippen LogP contribution in [0.4, 0.5) is 0 Å². The smallest absolute Gasteiger partial charge is 0.208 e. The van der Waals surface area contributed by atoms with Crippen LogP contribution >= 0.6 is 46.4 Å². The second-order valence-corrected chi connectivity index (χ2v) is 3.00. The Morgan fingerprint density at radius 3 is 0.706 bits per heavy atom. The summed E-state index contributed by atoms with van der Waals surface area (Å²) in [5, 5.41) is 39.1. The van der Waals surface area contributed by atoms with Crippen LogP contribution in [0.1, 0.15) is 0 Å². The minimum Gasteiger partial charge on any atom is -0.410 e. The van der Waals surface area contributed by atoms with E-state index in [0.29, 0.717) is 0 Å². The summed E-state index contributed by atoms with van der Waals surface area (Å²) in [4.78, 5) is 0. The van der Waals surface area contributed by atoms with Gasteiger partial charge in [0.15, 0.2) is 0 Å². The maximum absolute atomic E-state index is 7.82. The minimum atomic E-state index is -0.450. The summed E-state index contributed by atoms with van der Waals surface area (Å²) in [6, 6.07) is 0. The molecule has 0 bridgehead atoms. The van der Waals surface area contributed by atoms with E-state index in [2.05, 4.69) is 20.6 Å². The molecule has 102 valence electrons. The first-order chi connectivity index (χ1) is 7.44. The van der Waals surface area contributed by atoms with E-state index in [1.165, 1.54) is 0 Å². The van der Waals surface area contributed by atoms with Gasteiger partial charge in [0.25, 0.3) is 0 Å². The van der Waals surface area contributed by atoms with Crippen molar-refractivity contribution in [3.63, 3.8) is 0 Å². The maximum Gasteiger partial charge on any atom is 0.208 e. The van der Waals surface area contributed by atoms with Gasteiger partial charge in [0.1, 0.15) is 0 Å². The van der Waals surface area contributed by atoms with Crippen molar-refractivity contribution >= 4 is 67.1 Å². The molecule has 0 aliphatic carbocycles. The average Bonchev–Trinajstić information content (AvgIpc) is 2.35. The Morgan fingerprint density at radius 1 is 0.529 bits per heavy atom. The van der Waals surface area contributed by atoms with Crippen LogP contribution in [0.5, 0.6) is 0 Å². The van der Waals surface area contributed by atoms with Gasteiger partial charge in [0.05, 0.1) is 0 Å². The number of nitrogens with zero attached hydrogens (tertiary/aromatic N) is 4. The van der Waals surface area contributed by atoms with Crippen molar-refractivity contribution in [1.82, 2.24) is 0 Å². The van der Waals surface area contributed by atoms with Crippen LogP contribution in [0.15, 0.2) is 20.6 Å². The molecule has 0 aromatic rings. The molecule has 0 unspecified atom stereocenters. The Balaban J connectivity index is -0.000000218. The maximum atomic E-state index is 7.82. The van der Waals surface area contributed by atoms with Crippen LogP contribution in [0.3, 0.4) is 0 Å². The van der Waals surface area contributed by atoms with Crippen LogP contribution in [0.2, 0.25) is 0 Å². The van der Waals surface area contributed by atoms with E-state index in [-0.39, 0.29) is 21.1 Å². The number of halogens is 4. The van der Waals surface area contributed by atoms with Gasteiger partial charge in [-0.05, 0) is 0 Å². The Labute approximate surface area is 129 Å². The molecular weight excluding hydrogens is 505 g/mol. The number of hydrogen-bond acceptors (Lipinski definition) is 8. The van der Waals surface area contributed by atoms with Crippen molar-refractivity contribution in [2.75, 3.05) is 0 Å². The molecule has 0 fully saturated rings. The Morgan fingerprint density at radius 2 is 0.647 bits per heavy atom. The Kier molecular flexibility index (Phi) is 17.8. The largest absolute Gasteiger partial charge is 0.410 e. The predicted octanol–water partition coefficient (Wildman–Crippen LogP) is 2.08. The Hall–Kier alpha value is -0.272. The standard InChI is InChI=1S/2C2H2Cl2N2O2.Pt/c2*3-1(5-7)2(4)6-8;/h2*7-8H;. The molecule has 17 heavy (non-hydrogen) atoms. The minimum absolute atomic E-state index is 0. The van der Waals surface area contributed by atoms with E-state index >= 15 is 0 Å².